The maximum atomic E-state index is 6.31. The Morgan fingerprint density at radius 1 is 0.660 bits per heavy atom. The van der Waals surface area contributed by atoms with Crippen molar-refractivity contribution in [1.29, 1.82) is 0 Å². The van der Waals surface area contributed by atoms with E-state index in [9.17, 15) is 0 Å². The quantitative estimate of drug-likeness (QED) is 0.108. The Labute approximate surface area is 277 Å². The highest BCUT2D eigenvalue weighted by molar-refractivity contribution is 5.75. The lowest BCUT2D eigenvalue weighted by atomic mass is 10.0. The van der Waals surface area contributed by atoms with Gasteiger partial charge in [-0.25, -0.2) is 0 Å². The summed E-state index contributed by atoms with van der Waals surface area (Å²) in [5.41, 5.74) is 6.23. The number of ether oxygens (including phenoxy) is 5. The molecule has 1 aromatic heterocycles. The van der Waals surface area contributed by atoms with E-state index in [-0.39, 0.29) is 6.10 Å². The second kappa shape index (κ2) is 16.6. The summed E-state index contributed by atoms with van der Waals surface area (Å²) in [6.07, 6.45) is 2.14. The first-order valence-corrected chi connectivity index (χ1v) is 16.3. The van der Waals surface area contributed by atoms with Crippen molar-refractivity contribution in [2.24, 2.45) is 0 Å². The van der Waals surface area contributed by atoms with Crippen LogP contribution in [0.1, 0.15) is 29.5 Å². The summed E-state index contributed by atoms with van der Waals surface area (Å²) in [5, 5.41) is 0. The van der Waals surface area contributed by atoms with Crippen LogP contribution in [-0.4, -0.2) is 44.5 Å². The molecule has 7 heteroatoms. The normalized spacial score (nSPS) is 13.3. The predicted molar refractivity (Wildman–Crippen MR) is 185 cm³/mol. The zero-order chi connectivity index (χ0) is 32.1. The molecule has 47 heavy (non-hydrogen) atoms. The van der Waals surface area contributed by atoms with Crippen LogP contribution in [0.25, 0.3) is 11.1 Å². The number of nitrogens with zero attached hydrogens (tertiary/aromatic N) is 2. The fourth-order valence-electron chi connectivity index (χ4n) is 5.70. The predicted octanol–water partition coefficient (Wildman–Crippen LogP) is 8.12. The molecular weight excluding hydrogens is 588 g/mol. The molecular formula is C40H42N2O5. The van der Waals surface area contributed by atoms with Gasteiger partial charge in [0.05, 0.1) is 38.7 Å². The highest BCUT2D eigenvalue weighted by Crippen LogP contribution is 2.38. The smallest absolute Gasteiger partial charge is 0.225 e. The van der Waals surface area contributed by atoms with Crippen LogP contribution in [0.2, 0.25) is 0 Å². The molecule has 5 aromatic rings. The molecule has 7 nitrogen and oxygen atoms in total. The van der Waals surface area contributed by atoms with E-state index in [2.05, 4.69) is 35.2 Å². The Bertz CT molecular complexity index is 1660. The fourth-order valence-corrected chi connectivity index (χ4v) is 5.70. The minimum atomic E-state index is 0.231. The van der Waals surface area contributed by atoms with Crippen molar-refractivity contribution in [3.05, 3.63) is 138 Å². The first-order chi connectivity index (χ1) is 23.2. The first-order valence-electron chi connectivity index (χ1n) is 16.3. The first kappa shape index (κ1) is 32.1. The van der Waals surface area contributed by atoms with Gasteiger partial charge in [0.2, 0.25) is 11.8 Å². The summed E-state index contributed by atoms with van der Waals surface area (Å²) < 4.78 is 30.2. The molecule has 0 aliphatic carbocycles. The van der Waals surface area contributed by atoms with Gasteiger partial charge in [-0.1, -0.05) is 97.1 Å². The van der Waals surface area contributed by atoms with Gasteiger partial charge in [-0.15, -0.1) is 0 Å². The molecule has 0 atom stereocenters. The summed E-state index contributed by atoms with van der Waals surface area (Å²) in [6.45, 7) is 4.43. The third-order valence-electron chi connectivity index (χ3n) is 8.25. The van der Waals surface area contributed by atoms with Crippen LogP contribution in [-0.2, 0) is 29.3 Å². The van der Waals surface area contributed by atoms with Crippen molar-refractivity contribution in [3.8, 4) is 28.6 Å². The molecule has 1 fully saturated rings. The highest BCUT2D eigenvalue weighted by atomic mass is 16.5. The molecule has 0 radical (unpaired) electrons. The van der Waals surface area contributed by atoms with E-state index in [0.29, 0.717) is 44.8 Å². The zero-order valence-electron chi connectivity index (χ0n) is 26.9. The lowest BCUT2D eigenvalue weighted by Gasteiger charge is -2.34. The van der Waals surface area contributed by atoms with E-state index in [4.69, 9.17) is 28.7 Å². The summed E-state index contributed by atoms with van der Waals surface area (Å²) in [7, 11) is 1.72. The van der Waals surface area contributed by atoms with Gasteiger partial charge in [0.25, 0.3) is 0 Å². The van der Waals surface area contributed by atoms with Crippen LogP contribution >= 0.6 is 0 Å². The molecule has 1 aliphatic heterocycles. The Morgan fingerprint density at radius 2 is 1.28 bits per heavy atom. The second-order valence-electron chi connectivity index (χ2n) is 11.5. The van der Waals surface area contributed by atoms with E-state index in [1.807, 2.05) is 91.0 Å². The van der Waals surface area contributed by atoms with Crippen LogP contribution < -0.4 is 19.1 Å². The number of piperidine rings is 1. The number of pyridine rings is 1. The maximum absolute atomic E-state index is 6.31. The third kappa shape index (κ3) is 9.12. The average Bonchev–Trinajstić information content (AvgIpc) is 3.14. The van der Waals surface area contributed by atoms with Gasteiger partial charge in [0.1, 0.15) is 19.0 Å². The molecule has 0 bridgehead atoms. The van der Waals surface area contributed by atoms with Crippen molar-refractivity contribution >= 4 is 5.69 Å². The van der Waals surface area contributed by atoms with E-state index in [0.717, 1.165) is 59.6 Å². The van der Waals surface area contributed by atoms with Crippen LogP contribution in [0.3, 0.4) is 0 Å². The summed E-state index contributed by atoms with van der Waals surface area (Å²) in [6, 6.07) is 40.6. The lowest BCUT2D eigenvalue weighted by Crippen LogP contribution is -2.37. The summed E-state index contributed by atoms with van der Waals surface area (Å²) in [4.78, 5) is 7.16. The monoisotopic (exact) mass is 630 g/mol. The molecule has 6 rings (SSSR count). The standard InChI is InChI=1S/C40H42N2O5/c1-43-38-27-34(17-19-37(38)42-23-21-35(22-24-42)45-26-25-44-28-31-11-5-2-6-12-31)36-18-20-39(46-29-32-13-7-3-8-14-32)41-40(36)47-30-33-15-9-4-10-16-33/h2-20,27,35H,21-26,28-30H2,1H3. The topological polar surface area (TPSA) is 62.3 Å². The fraction of sp³-hybridized carbons (Fsp3) is 0.275. The Morgan fingerprint density at radius 3 is 1.91 bits per heavy atom. The van der Waals surface area contributed by atoms with Gasteiger partial charge < -0.3 is 28.6 Å². The van der Waals surface area contributed by atoms with E-state index in [1.54, 1.807) is 7.11 Å². The van der Waals surface area contributed by atoms with E-state index in [1.165, 1.54) is 5.56 Å². The molecule has 2 heterocycles. The number of benzene rings is 4. The summed E-state index contributed by atoms with van der Waals surface area (Å²) >= 11 is 0. The maximum Gasteiger partial charge on any atom is 0.225 e. The van der Waals surface area contributed by atoms with Gasteiger partial charge in [0, 0.05) is 24.7 Å². The Balaban J connectivity index is 1.09. The number of methoxy groups -OCH3 is 1. The molecule has 0 N–H and O–H groups in total. The Hall–Kier alpha value is -4.85. The molecule has 0 saturated carbocycles. The SMILES string of the molecule is COc1cc(-c2ccc(OCc3ccccc3)nc2OCc2ccccc2)ccc1N1CCC(OCCOCc2ccccc2)CC1. The number of hydrogen-bond donors (Lipinski definition) is 0. The van der Waals surface area contributed by atoms with Crippen LogP contribution in [0.15, 0.2) is 121 Å². The highest BCUT2D eigenvalue weighted by Gasteiger charge is 2.23. The minimum Gasteiger partial charge on any atom is -0.495 e. The average molecular weight is 631 g/mol. The van der Waals surface area contributed by atoms with E-state index < -0.39 is 0 Å². The van der Waals surface area contributed by atoms with Crippen molar-refractivity contribution < 1.29 is 23.7 Å². The third-order valence-corrected chi connectivity index (χ3v) is 8.25. The van der Waals surface area contributed by atoms with Gasteiger partial charge in [-0.3, -0.25) is 0 Å². The molecule has 1 aliphatic rings. The molecule has 0 spiro atoms. The molecule has 0 unspecified atom stereocenters. The molecule has 4 aromatic carbocycles. The van der Waals surface area contributed by atoms with Crippen molar-refractivity contribution in [1.82, 2.24) is 4.98 Å². The summed E-state index contributed by atoms with van der Waals surface area (Å²) in [5.74, 6) is 1.84. The van der Waals surface area contributed by atoms with Crippen LogP contribution in [0.5, 0.6) is 17.5 Å². The molecule has 242 valence electrons. The van der Waals surface area contributed by atoms with Crippen molar-refractivity contribution in [3.63, 3.8) is 0 Å². The van der Waals surface area contributed by atoms with Gasteiger partial charge >= 0.3 is 0 Å². The van der Waals surface area contributed by atoms with Gasteiger partial charge in [0.15, 0.2) is 0 Å². The number of anilines is 1. The van der Waals surface area contributed by atoms with Gasteiger partial charge in [-0.2, -0.15) is 4.98 Å². The van der Waals surface area contributed by atoms with Crippen molar-refractivity contribution in [2.45, 2.75) is 38.8 Å². The van der Waals surface area contributed by atoms with E-state index >= 15 is 0 Å². The van der Waals surface area contributed by atoms with Gasteiger partial charge in [-0.05, 0) is 53.3 Å². The largest absolute Gasteiger partial charge is 0.495 e. The zero-order valence-corrected chi connectivity index (χ0v) is 26.9. The number of rotatable bonds is 15. The lowest BCUT2D eigenvalue weighted by molar-refractivity contribution is -0.00860. The van der Waals surface area contributed by atoms with Crippen LogP contribution in [0, 0.1) is 0 Å². The Kier molecular flexibility index (Phi) is 11.4. The molecule has 0 amide bonds. The van der Waals surface area contributed by atoms with Crippen molar-refractivity contribution in [2.75, 3.05) is 38.3 Å². The van der Waals surface area contributed by atoms with Crippen LogP contribution in [0.4, 0.5) is 5.69 Å². The number of hydrogen-bond acceptors (Lipinski definition) is 7. The second-order valence-corrected chi connectivity index (χ2v) is 11.5. The number of aromatic nitrogens is 1. The minimum absolute atomic E-state index is 0.231. The molecule has 1 saturated heterocycles.